The summed E-state index contributed by atoms with van der Waals surface area (Å²) in [6.07, 6.45) is 0.483. The van der Waals surface area contributed by atoms with Gasteiger partial charge in [0.15, 0.2) is 11.5 Å². The van der Waals surface area contributed by atoms with E-state index in [2.05, 4.69) is 15.9 Å². The van der Waals surface area contributed by atoms with Crippen LogP contribution >= 0.6 is 15.9 Å². The van der Waals surface area contributed by atoms with Crippen LogP contribution in [0.5, 0.6) is 11.5 Å². The second-order valence-electron chi connectivity index (χ2n) is 6.92. The van der Waals surface area contributed by atoms with E-state index in [0.29, 0.717) is 30.2 Å². The first-order valence-corrected chi connectivity index (χ1v) is 10.3. The number of hydrogen-bond acceptors (Lipinski definition) is 5. The van der Waals surface area contributed by atoms with E-state index in [1.165, 1.54) is 11.8 Å². The summed E-state index contributed by atoms with van der Waals surface area (Å²) >= 11 is 3.34. The second kappa shape index (κ2) is 9.30. The largest absolute Gasteiger partial charge is 0.493 e. The number of nitrogens with zero attached hydrogens (tertiary/aromatic N) is 2. The average molecular weight is 475 g/mol. The third kappa shape index (κ3) is 4.48. The molecule has 2 aromatic carbocycles. The number of anilines is 1. The van der Waals surface area contributed by atoms with Crippen molar-refractivity contribution < 1.29 is 23.9 Å². The van der Waals surface area contributed by atoms with Crippen LogP contribution < -0.4 is 14.4 Å². The zero-order valence-electron chi connectivity index (χ0n) is 17.1. The van der Waals surface area contributed by atoms with Crippen LogP contribution in [0.15, 0.2) is 46.9 Å². The van der Waals surface area contributed by atoms with Gasteiger partial charge in [-0.15, -0.1) is 0 Å². The first-order valence-electron chi connectivity index (χ1n) is 9.46. The normalized spacial score (nSPS) is 16.0. The Kier molecular flexibility index (Phi) is 6.77. The minimum absolute atomic E-state index is 0.0274. The molecule has 1 aliphatic heterocycles. The topological polar surface area (TPSA) is 76.2 Å². The van der Waals surface area contributed by atoms with Crippen molar-refractivity contribution in [3.05, 3.63) is 52.5 Å². The van der Waals surface area contributed by atoms with Crippen molar-refractivity contribution in [1.29, 1.82) is 0 Å². The Balaban J connectivity index is 1.76. The number of methoxy groups -OCH3 is 2. The molecule has 30 heavy (non-hydrogen) atoms. The molecule has 8 heteroatoms. The molecule has 0 N–H and O–H groups in total. The number of amides is 3. The fourth-order valence-electron chi connectivity index (χ4n) is 3.54. The SMILES string of the molecule is COc1ccc(CCN(C(C)=O)[C@H]2CC(=O)N(c3ccc(Br)cc3)C2=O)cc1OC. The smallest absolute Gasteiger partial charge is 0.257 e. The van der Waals surface area contributed by atoms with Crippen LogP contribution in [0, 0.1) is 0 Å². The molecule has 1 aliphatic rings. The molecule has 1 saturated heterocycles. The summed E-state index contributed by atoms with van der Waals surface area (Å²) in [6, 6.07) is 11.6. The molecule has 0 saturated carbocycles. The molecule has 1 fully saturated rings. The summed E-state index contributed by atoms with van der Waals surface area (Å²) in [7, 11) is 3.12. The predicted molar refractivity (Wildman–Crippen MR) is 116 cm³/mol. The molecule has 0 bridgehead atoms. The van der Waals surface area contributed by atoms with E-state index in [0.717, 1.165) is 14.9 Å². The maximum Gasteiger partial charge on any atom is 0.257 e. The highest BCUT2D eigenvalue weighted by molar-refractivity contribution is 9.10. The molecule has 158 valence electrons. The molecule has 3 rings (SSSR count). The maximum atomic E-state index is 13.0. The van der Waals surface area contributed by atoms with E-state index in [1.807, 2.05) is 12.1 Å². The van der Waals surface area contributed by atoms with Crippen molar-refractivity contribution in [2.45, 2.75) is 25.8 Å². The number of benzene rings is 2. The van der Waals surface area contributed by atoms with E-state index in [4.69, 9.17) is 9.47 Å². The highest BCUT2D eigenvalue weighted by Gasteiger charge is 2.43. The van der Waals surface area contributed by atoms with E-state index in [1.54, 1.807) is 44.6 Å². The Bertz CT molecular complexity index is 961. The van der Waals surface area contributed by atoms with E-state index < -0.39 is 6.04 Å². The van der Waals surface area contributed by atoms with Crippen LogP contribution in [0.1, 0.15) is 18.9 Å². The molecule has 2 aromatic rings. The summed E-state index contributed by atoms with van der Waals surface area (Å²) in [4.78, 5) is 40.5. The Labute approximate surface area is 183 Å². The van der Waals surface area contributed by atoms with Crippen LogP contribution in [0.25, 0.3) is 0 Å². The quantitative estimate of drug-likeness (QED) is 0.575. The van der Waals surface area contributed by atoms with E-state index in [-0.39, 0.29) is 24.1 Å². The highest BCUT2D eigenvalue weighted by Crippen LogP contribution is 2.29. The minimum atomic E-state index is -0.807. The summed E-state index contributed by atoms with van der Waals surface area (Å²) in [6.45, 7) is 1.72. The molecular weight excluding hydrogens is 452 g/mol. The Hall–Kier alpha value is -2.87. The maximum absolute atomic E-state index is 13.0. The van der Waals surface area contributed by atoms with Gasteiger partial charge in [-0.3, -0.25) is 14.4 Å². The van der Waals surface area contributed by atoms with Crippen LogP contribution in [-0.2, 0) is 20.8 Å². The van der Waals surface area contributed by atoms with Gasteiger partial charge in [0, 0.05) is 17.9 Å². The molecule has 0 aliphatic carbocycles. The lowest BCUT2D eigenvalue weighted by Crippen LogP contribution is -2.45. The molecule has 0 spiro atoms. The van der Waals surface area contributed by atoms with E-state index >= 15 is 0 Å². The van der Waals surface area contributed by atoms with E-state index in [9.17, 15) is 14.4 Å². The molecule has 0 radical (unpaired) electrons. The molecule has 3 amide bonds. The number of rotatable bonds is 7. The van der Waals surface area contributed by atoms with Gasteiger partial charge < -0.3 is 14.4 Å². The van der Waals surface area contributed by atoms with Crippen molar-refractivity contribution in [1.82, 2.24) is 4.90 Å². The fraction of sp³-hybridized carbons (Fsp3) is 0.318. The molecule has 1 atom stereocenters. The van der Waals surface area contributed by atoms with Crippen LogP contribution in [0.4, 0.5) is 5.69 Å². The summed E-state index contributed by atoms with van der Waals surface area (Å²) < 4.78 is 11.4. The third-order valence-electron chi connectivity index (χ3n) is 5.08. The van der Waals surface area contributed by atoms with Gasteiger partial charge in [-0.1, -0.05) is 22.0 Å². The first kappa shape index (κ1) is 21.8. The van der Waals surface area contributed by atoms with Crippen LogP contribution in [-0.4, -0.2) is 49.4 Å². The van der Waals surface area contributed by atoms with Crippen molar-refractivity contribution >= 4 is 39.3 Å². The van der Waals surface area contributed by atoms with Gasteiger partial charge in [-0.25, -0.2) is 4.90 Å². The third-order valence-corrected chi connectivity index (χ3v) is 5.61. The molecular formula is C22H23BrN2O5. The molecule has 0 unspecified atom stereocenters. The minimum Gasteiger partial charge on any atom is -0.493 e. The van der Waals surface area contributed by atoms with Gasteiger partial charge in [0.2, 0.25) is 11.8 Å². The van der Waals surface area contributed by atoms with Crippen molar-refractivity contribution in [2.24, 2.45) is 0 Å². The van der Waals surface area contributed by atoms with Crippen LogP contribution in [0.2, 0.25) is 0 Å². The molecule has 1 heterocycles. The highest BCUT2D eigenvalue weighted by atomic mass is 79.9. The van der Waals surface area contributed by atoms with Gasteiger partial charge in [-0.05, 0) is 48.4 Å². The number of imide groups is 1. The summed E-state index contributed by atoms with van der Waals surface area (Å²) in [5.41, 5.74) is 1.43. The van der Waals surface area contributed by atoms with Gasteiger partial charge in [0.25, 0.3) is 5.91 Å². The zero-order valence-corrected chi connectivity index (χ0v) is 18.6. The Morgan fingerprint density at radius 3 is 2.37 bits per heavy atom. The lowest BCUT2D eigenvalue weighted by Gasteiger charge is -2.26. The fourth-order valence-corrected chi connectivity index (χ4v) is 3.80. The van der Waals surface area contributed by atoms with Gasteiger partial charge in [0.05, 0.1) is 26.3 Å². The Morgan fingerprint density at radius 1 is 1.10 bits per heavy atom. The number of carbonyl (C=O) groups excluding carboxylic acids is 3. The summed E-state index contributed by atoms with van der Waals surface area (Å²) in [5.74, 6) is 0.262. The molecule has 7 nitrogen and oxygen atoms in total. The monoisotopic (exact) mass is 474 g/mol. The van der Waals surface area contributed by atoms with Gasteiger partial charge in [-0.2, -0.15) is 0 Å². The standard InChI is InChI=1S/C22H23BrN2O5/c1-14(26)24(11-10-15-4-9-19(29-2)20(12-15)30-3)18-13-21(27)25(22(18)28)17-7-5-16(23)6-8-17/h4-9,12,18H,10-11,13H2,1-3H3/t18-/m0/s1. The number of hydrogen-bond donors (Lipinski definition) is 0. The summed E-state index contributed by atoms with van der Waals surface area (Å²) in [5, 5.41) is 0. The first-order chi connectivity index (χ1) is 14.3. The lowest BCUT2D eigenvalue weighted by atomic mass is 10.1. The van der Waals surface area contributed by atoms with Crippen molar-refractivity contribution in [2.75, 3.05) is 25.7 Å². The average Bonchev–Trinajstić information content (AvgIpc) is 3.02. The number of halogens is 1. The number of carbonyl (C=O) groups is 3. The molecule has 0 aromatic heterocycles. The lowest BCUT2D eigenvalue weighted by molar-refractivity contribution is -0.136. The predicted octanol–water partition coefficient (Wildman–Crippen LogP) is 3.19. The van der Waals surface area contributed by atoms with Crippen molar-refractivity contribution in [3.63, 3.8) is 0 Å². The van der Waals surface area contributed by atoms with Gasteiger partial charge in [0.1, 0.15) is 6.04 Å². The van der Waals surface area contributed by atoms with Crippen LogP contribution in [0.3, 0.4) is 0 Å². The second-order valence-corrected chi connectivity index (χ2v) is 7.83. The zero-order chi connectivity index (χ0) is 21.8. The van der Waals surface area contributed by atoms with Crippen molar-refractivity contribution in [3.8, 4) is 11.5 Å². The van der Waals surface area contributed by atoms with Gasteiger partial charge >= 0.3 is 0 Å². The Morgan fingerprint density at radius 2 is 1.77 bits per heavy atom. The number of ether oxygens (including phenoxy) is 2.